The van der Waals surface area contributed by atoms with Crippen LogP contribution >= 0.6 is 0 Å². The molecule has 6 nitrogen and oxygen atoms in total. The van der Waals surface area contributed by atoms with Gasteiger partial charge in [0.15, 0.2) is 0 Å². The molecule has 0 unspecified atom stereocenters. The first-order valence-corrected chi connectivity index (χ1v) is 9.50. The summed E-state index contributed by atoms with van der Waals surface area (Å²) >= 11 is 0. The zero-order valence-electron chi connectivity index (χ0n) is 15.3. The molecule has 1 heterocycles. The molecule has 1 aromatic heterocycles. The normalized spacial score (nSPS) is 19.8. The van der Waals surface area contributed by atoms with E-state index < -0.39 is 11.4 Å². The number of aliphatic carboxylic acids is 1. The summed E-state index contributed by atoms with van der Waals surface area (Å²) in [6.07, 6.45) is 8.06. The van der Waals surface area contributed by atoms with Crippen LogP contribution in [0.15, 0.2) is 6.20 Å². The van der Waals surface area contributed by atoms with Gasteiger partial charge >= 0.3 is 5.97 Å². The fraction of sp³-hybridized carbons (Fsp3) is 0.737. The summed E-state index contributed by atoms with van der Waals surface area (Å²) in [4.78, 5) is 24.5. The van der Waals surface area contributed by atoms with Crippen LogP contribution in [0.25, 0.3) is 0 Å². The van der Waals surface area contributed by atoms with Crippen LogP contribution in [0.2, 0.25) is 0 Å². The van der Waals surface area contributed by atoms with Crippen molar-refractivity contribution in [2.45, 2.75) is 71.3 Å². The summed E-state index contributed by atoms with van der Waals surface area (Å²) in [5.74, 6) is -0.0792. The van der Waals surface area contributed by atoms with Crippen molar-refractivity contribution >= 4 is 11.9 Å². The van der Waals surface area contributed by atoms with Gasteiger partial charge in [0.2, 0.25) is 0 Å². The van der Waals surface area contributed by atoms with Crippen molar-refractivity contribution < 1.29 is 14.7 Å². The average Bonchev–Trinajstić information content (AvgIpc) is 3.34. The molecule has 0 aromatic carbocycles. The second-order valence-electron chi connectivity index (χ2n) is 8.12. The summed E-state index contributed by atoms with van der Waals surface area (Å²) in [6, 6.07) is 0. The number of hydrogen-bond donors (Lipinski definition) is 2. The maximum atomic E-state index is 12.7. The number of carbonyl (C=O) groups is 2. The molecule has 0 saturated heterocycles. The van der Waals surface area contributed by atoms with Crippen LogP contribution in [0.4, 0.5) is 0 Å². The van der Waals surface area contributed by atoms with Gasteiger partial charge in [-0.05, 0) is 31.6 Å². The van der Waals surface area contributed by atoms with E-state index in [1.807, 2.05) is 4.68 Å². The van der Waals surface area contributed by atoms with Crippen molar-refractivity contribution in [3.63, 3.8) is 0 Å². The number of carbonyl (C=O) groups excluding carboxylic acids is 1. The molecule has 2 aliphatic carbocycles. The highest BCUT2D eigenvalue weighted by Crippen LogP contribution is 2.42. The van der Waals surface area contributed by atoms with Crippen LogP contribution in [-0.2, 0) is 11.3 Å². The van der Waals surface area contributed by atoms with Gasteiger partial charge in [-0.25, -0.2) is 0 Å². The van der Waals surface area contributed by atoms with Gasteiger partial charge in [-0.1, -0.05) is 33.1 Å². The Morgan fingerprint density at radius 1 is 1.32 bits per heavy atom. The van der Waals surface area contributed by atoms with Gasteiger partial charge in [0.25, 0.3) is 5.91 Å². The Hall–Kier alpha value is -1.85. The summed E-state index contributed by atoms with van der Waals surface area (Å²) in [7, 11) is 0. The zero-order valence-corrected chi connectivity index (χ0v) is 15.3. The quantitative estimate of drug-likeness (QED) is 0.793. The van der Waals surface area contributed by atoms with Crippen molar-refractivity contribution in [1.82, 2.24) is 15.1 Å². The molecule has 0 bridgehead atoms. The van der Waals surface area contributed by atoms with E-state index in [9.17, 15) is 14.7 Å². The number of nitrogens with zero attached hydrogens (tertiary/aromatic N) is 2. The second-order valence-corrected chi connectivity index (χ2v) is 8.12. The molecule has 3 rings (SSSR count). The van der Waals surface area contributed by atoms with Crippen molar-refractivity contribution in [1.29, 1.82) is 0 Å². The number of carboxylic acids is 1. The summed E-state index contributed by atoms with van der Waals surface area (Å²) in [6.45, 7) is 5.29. The maximum Gasteiger partial charge on any atom is 0.311 e. The first kappa shape index (κ1) is 18.0. The molecule has 1 aromatic rings. The van der Waals surface area contributed by atoms with E-state index in [0.29, 0.717) is 30.2 Å². The smallest absolute Gasteiger partial charge is 0.311 e. The van der Waals surface area contributed by atoms with Gasteiger partial charge in [0, 0.05) is 19.0 Å². The lowest BCUT2D eigenvalue weighted by molar-refractivity contribution is -0.150. The van der Waals surface area contributed by atoms with Crippen LogP contribution in [0, 0.1) is 11.3 Å². The van der Waals surface area contributed by atoms with Crippen LogP contribution < -0.4 is 5.32 Å². The first-order chi connectivity index (χ1) is 11.9. The van der Waals surface area contributed by atoms with Crippen LogP contribution in [-0.4, -0.2) is 33.3 Å². The topological polar surface area (TPSA) is 84.2 Å². The SMILES string of the molecule is CC(C)Cn1ncc(C(=O)NCC2(C(=O)O)CCCCC2)c1C1CC1. The lowest BCUT2D eigenvalue weighted by atomic mass is 9.74. The monoisotopic (exact) mass is 347 g/mol. The van der Waals surface area contributed by atoms with Crippen molar-refractivity contribution in [3.05, 3.63) is 17.5 Å². The van der Waals surface area contributed by atoms with E-state index in [1.165, 1.54) is 0 Å². The van der Waals surface area contributed by atoms with Gasteiger partial charge < -0.3 is 10.4 Å². The highest BCUT2D eigenvalue weighted by molar-refractivity contribution is 5.95. The Kier molecular flexibility index (Phi) is 5.16. The standard InChI is InChI=1S/C19H29N3O3/c1-13(2)11-22-16(14-6-7-14)15(10-21-22)17(23)20-12-19(18(24)25)8-4-3-5-9-19/h10,13-14H,3-9,11-12H2,1-2H3,(H,20,23)(H,24,25). The average molecular weight is 347 g/mol. The lowest BCUT2D eigenvalue weighted by Gasteiger charge is -2.33. The van der Waals surface area contributed by atoms with Gasteiger partial charge in [-0.3, -0.25) is 14.3 Å². The number of nitrogens with one attached hydrogen (secondary N) is 1. The number of amides is 1. The maximum absolute atomic E-state index is 12.7. The van der Waals surface area contributed by atoms with Gasteiger partial charge in [-0.2, -0.15) is 5.10 Å². The minimum atomic E-state index is -0.804. The zero-order chi connectivity index (χ0) is 18.0. The Labute approximate surface area is 149 Å². The van der Waals surface area contributed by atoms with E-state index in [4.69, 9.17) is 0 Å². The minimum Gasteiger partial charge on any atom is -0.481 e. The highest BCUT2D eigenvalue weighted by atomic mass is 16.4. The molecular weight excluding hydrogens is 318 g/mol. The predicted octanol–water partition coefficient (Wildman–Crippen LogP) is 3.18. The van der Waals surface area contributed by atoms with E-state index in [-0.39, 0.29) is 12.5 Å². The Bertz CT molecular complexity index is 640. The number of aromatic nitrogens is 2. The largest absolute Gasteiger partial charge is 0.481 e. The molecule has 138 valence electrons. The summed E-state index contributed by atoms with van der Waals surface area (Å²) < 4.78 is 1.96. The fourth-order valence-electron chi connectivity index (χ4n) is 3.89. The van der Waals surface area contributed by atoms with E-state index in [1.54, 1.807) is 6.20 Å². The lowest BCUT2D eigenvalue weighted by Crippen LogP contribution is -2.44. The third kappa shape index (κ3) is 3.88. The highest BCUT2D eigenvalue weighted by Gasteiger charge is 2.40. The van der Waals surface area contributed by atoms with Gasteiger partial charge in [0.05, 0.1) is 22.9 Å². The number of carboxylic acid groups (broad SMARTS) is 1. The minimum absolute atomic E-state index is 0.178. The first-order valence-electron chi connectivity index (χ1n) is 9.50. The predicted molar refractivity (Wildman–Crippen MR) is 94.5 cm³/mol. The third-order valence-electron chi connectivity index (χ3n) is 5.48. The molecule has 0 aliphatic heterocycles. The Morgan fingerprint density at radius 3 is 2.56 bits per heavy atom. The summed E-state index contributed by atoms with van der Waals surface area (Å²) in [5.41, 5.74) is 0.848. The molecule has 25 heavy (non-hydrogen) atoms. The van der Waals surface area contributed by atoms with Crippen LogP contribution in [0.1, 0.15) is 80.8 Å². The fourth-order valence-corrected chi connectivity index (χ4v) is 3.89. The van der Waals surface area contributed by atoms with Gasteiger partial charge in [-0.15, -0.1) is 0 Å². The molecule has 0 spiro atoms. The Balaban J connectivity index is 1.73. The molecule has 2 N–H and O–H groups in total. The van der Waals surface area contributed by atoms with E-state index >= 15 is 0 Å². The van der Waals surface area contributed by atoms with E-state index in [2.05, 4.69) is 24.3 Å². The number of rotatable bonds is 7. The number of hydrogen-bond acceptors (Lipinski definition) is 3. The molecule has 0 atom stereocenters. The summed E-state index contributed by atoms with van der Waals surface area (Å²) in [5, 5.41) is 17.0. The molecule has 6 heteroatoms. The molecule has 2 aliphatic rings. The van der Waals surface area contributed by atoms with Crippen molar-refractivity contribution in [3.8, 4) is 0 Å². The third-order valence-corrected chi connectivity index (χ3v) is 5.48. The molecule has 2 fully saturated rings. The molecule has 1 amide bonds. The van der Waals surface area contributed by atoms with Crippen LogP contribution in [0.3, 0.4) is 0 Å². The molecule has 2 saturated carbocycles. The Morgan fingerprint density at radius 2 is 2.00 bits per heavy atom. The molecular formula is C19H29N3O3. The van der Waals surface area contributed by atoms with Crippen molar-refractivity contribution in [2.75, 3.05) is 6.54 Å². The molecule has 0 radical (unpaired) electrons. The van der Waals surface area contributed by atoms with E-state index in [0.717, 1.165) is 44.3 Å². The van der Waals surface area contributed by atoms with Gasteiger partial charge in [0.1, 0.15) is 0 Å². The second kappa shape index (κ2) is 7.18. The van der Waals surface area contributed by atoms with Crippen molar-refractivity contribution in [2.24, 2.45) is 11.3 Å². The van der Waals surface area contributed by atoms with Crippen LogP contribution in [0.5, 0.6) is 0 Å².